The van der Waals surface area contributed by atoms with E-state index in [9.17, 15) is 9.59 Å². The molecule has 1 aromatic heterocycles. The minimum absolute atomic E-state index is 0.0181. The molecule has 0 spiro atoms. The van der Waals surface area contributed by atoms with Gasteiger partial charge in [-0.2, -0.15) is 5.26 Å². The zero-order valence-corrected chi connectivity index (χ0v) is 18.4. The van der Waals surface area contributed by atoms with Gasteiger partial charge < -0.3 is 14.5 Å². The number of nitriles is 1. The minimum Gasteiger partial charge on any atom is -0.378 e. The molecule has 1 amide bonds. The molecule has 1 aliphatic heterocycles. The molecule has 2 aromatic rings. The summed E-state index contributed by atoms with van der Waals surface area (Å²) in [6.07, 6.45) is 0.573. The molecule has 8 nitrogen and oxygen atoms in total. The van der Waals surface area contributed by atoms with Crippen molar-refractivity contribution in [1.82, 2.24) is 14.9 Å². The topological polar surface area (TPSA) is 102 Å². The molecule has 1 aliphatic rings. The summed E-state index contributed by atoms with van der Waals surface area (Å²) in [5.74, 6) is 0.543. The van der Waals surface area contributed by atoms with Crippen molar-refractivity contribution in [3.8, 4) is 6.07 Å². The zero-order chi connectivity index (χ0) is 22.4. The van der Waals surface area contributed by atoms with E-state index in [0.717, 1.165) is 5.56 Å². The highest BCUT2D eigenvalue weighted by atomic mass is 16.5. The molecule has 1 fully saturated rings. The van der Waals surface area contributed by atoms with Gasteiger partial charge in [0.05, 0.1) is 30.9 Å². The van der Waals surface area contributed by atoms with Gasteiger partial charge in [-0.1, -0.05) is 12.1 Å². The van der Waals surface area contributed by atoms with Gasteiger partial charge in [0, 0.05) is 37.3 Å². The first-order valence-corrected chi connectivity index (χ1v) is 10.7. The summed E-state index contributed by atoms with van der Waals surface area (Å²) in [4.78, 5) is 36.8. The molecule has 31 heavy (non-hydrogen) atoms. The highest BCUT2D eigenvalue weighted by Gasteiger charge is 2.21. The van der Waals surface area contributed by atoms with E-state index >= 15 is 0 Å². The van der Waals surface area contributed by atoms with Crippen LogP contribution in [0.25, 0.3) is 0 Å². The number of benzene rings is 1. The predicted octanol–water partition coefficient (Wildman–Crippen LogP) is 2.33. The third-order valence-electron chi connectivity index (χ3n) is 5.76. The van der Waals surface area contributed by atoms with Gasteiger partial charge in [-0.25, -0.2) is 4.98 Å². The number of ether oxygens (including phenoxy) is 1. The van der Waals surface area contributed by atoms with E-state index in [0.29, 0.717) is 62.0 Å². The number of carbonyl (C=O) groups is 1. The van der Waals surface area contributed by atoms with Gasteiger partial charge >= 0.3 is 0 Å². The molecule has 1 saturated heterocycles. The lowest BCUT2D eigenvalue weighted by atomic mass is 10.0. The van der Waals surface area contributed by atoms with Crippen molar-refractivity contribution < 1.29 is 9.53 Å². The van der Waals surface area contributed by atoms with Gasteiger partial charge in [-0.05, 0) is 44.9 Å². The molecule has 0 bridgehead atoms. The number of hydrogen-bond acceptors (Lipinski definition) is 6. The lowest BCUT2D eigenvalue weighted by Gasteiger charge is -2.29. The summed E-state index contributed by atoms with van der Waals surface area (Å²) < 4.78 is 5.35. The molecule has 0 saturated carbocycles. The van der Waals surface area contributed by atoms with E-state index in [1.165, 1.54) is 0 Å². The molecule has 1 N–H and O–H groups in total. The summed E-state index contributed by atoms with van der Waals surface area (Å²) >= 11 is 0. The van der Waals surface area contributed by atoms with E-state index in [1.807, 2.05) is 37.8 Å². The molecule has 0 aliphatic carbocycles. The van der Waals surface area contributed by atoms with Gasteiger partial charge in [-0.3, -0.25) is 14.6 Å². The molecule has 3 rings (SSSR count). The monoisotopic (exact) mass is 423 g/mol. The number of morpholine rings is 1. The fourth-order valence-electron chi connectivity index (χ4n) is 3.87. The molecule has 0 radical (unpaired) electrons. The van der Waals surface area contributed by atoms with Crippen LogP contribution in [0.15, 0.2) is 29.1 Å². The highest BCUT2D eigenvalue weighted by Crippen LogP contribution is 2.22. The maximum atomic E-state index is 12.9. The Bertz CT molecular complexity index is 1000. The molecule has 164 valence electrons. The van der Waals surface area contributed by atoms with Crippen LogP contribution < -0.4 is 10.5 Å². The number of hydrogen-bond donors (Lipinski definition) is 1. The Morgan fingerprint density at radius 2 is 2.00 bits per heavy atom. The summed E-state index contributed by atoms with van der Waals surface area (Å²) in [6, 6.07) is 9.26. The van der Waals surface area contributed by atoms with Crippen LogP contribution in [0.3, 0.4) is 0 Å². The van der Waals surface area contributed by atoms with E-state index in [1.54, 1.807) is 17.0 Å². The normalized spacial score (nSPS) is 14.7. The van der Waals surface area contributed by atoms with Crippen molar-refractivity contribution in [2.24, 2.45) is 0 Å². The number of rotatable bonds is 7. The number of aromatic nitrogens is 2. The van der Waals surface area contributed by atoms with Gasteiger partial charge in [0.2, 0.25) is 11.9 Å². The minimum atomic E-state index is -0.190. The van der Waals surface area contributed by atoms with Crippen LogP contribution in [-0.4, -0.2) is 53.6 Å². The summed E-state index contributed by atoms with van der Waals surface area (Å²) in [5, 5.41) is 8.97. The first-order chi connectivity index (χ1) is 14.9. The van der Waals surface area contributed by atoms with Crippen molar-refractivity contribution in [2.45, 2.75) is 39.7 Å². The van der Waals surface area contributed by atoms with Crippen LogP contribution in [0.4, 0.5) is 5.95 Å². The Hall–Kier alpha value is -3.18. The lowest BCUT2D eigenvalue weighted by molar-refractivity contribution is -0.133. The standard InChI is InChI=1S/C23H29N5O3/c1-4-28(17(3)19-7-5-18(15-24)6-8-19)21(29)10-9-20-16(2)25-23(26-22(20)30)27-11-13-31-14-12-27/h5-8,17H,4,9-14H2,1-3H3,(H,25,26,30). The molecular formula is C23H29N5O3. The van der Waals surface area contributed by atoms with Crippen molar-refractivity contribution in [3.05, 3.63) is 57.0 Å². The molecule has 1 aromatic carbocycles. The second kappa shape index (κ2) is 10.2. The average Bonchev–Trinajstić information content (AvgIpc) is 2.79. The highest BCUT2D eigenvalue weighted by molar-refractivity contribution is 5.77. The number of carbonyl (C=O) groups excluding carboxylic acids is 1. The Morgan fingerprint density at radius 1 is 1.32 bits per heavy atom. The fraction of sp³-hybridized carbons (Fsp3) is 0.478. The third kappa shape index (κ3) is 5.30. The number of H-pyrrole nitrogens is 1. The first-order valence-electron chi connectivity index (χ1n) is 10.7. The van der Waals surface area contributed by atoms with Crippen LogP contribution in [0.5, 0.6) is 0 Å². The Labute approximate surface area is 182 Å². The van der Waals surface area contributed by atoms with Crippen LogP contribution in [-0.2, 0) is 16.0 Å². The van der Waals surface area contributed by atoms with E-state index in [4.69, 9.17) is 10.00 Å². The molecule has 8 heteroatoms. The molecule has 1 unspecified atom stereocenters. The largest absolute Gasteiger partial charge is 0.378 e. The van der Waals surface area contributed by atoms with Gasteiger partial charge in [0.25, 0.3) is 5.56 Å². The van der Waals surface area contributed by atoms with E-state index in [2.05, 4.69) is 16.0 Å². The van der Waals surface area contributed by atoms with Crippen molar-refractivity contribution in [1.29, 1.82) is 5.26 Å². The van der Waals surface area contributed by atoms with Crippen LogP contribution in [0.1, 0.15) is 48.7 Å². The number of anilines is 1. The Kier molecular flexibility index (Phi) is 7.42. The van der Waals surface area contributed by atoms with Crippen molar-refractivity contribution >= 4 is 11.9 Å². The van der Waals surface area contributed by atoms with E-state index < -0.39 is 0 Å². The quantitative estimate of drug-likeness (QED) is 0.733. The van der Waals surface area contributed by atoms with Crippen LogP contribution in [0.2, 0.25) is 0 Å². The Balaban J connectivity index is 1.68. The number of aryl methyl sites for hydroxylation is 1. The summed E-state index contributed by atoms with van der Waals surface area (Å²) in [6.45, 7) is 8.90. The third-order valence-corrected chi connectivity index (χ3v) is 5.76. The fourth-order valence-corrected chi connectivity index (χ4v) is 3.87. The second-order valence-electron chi connectivity index (χ2n) is 7.64. The maximum Gasteiger partial charge on any atom is 0.255 e. The van der Waals surface area contributed by atoms with Gasteiger partial charge in [-0.15, -0.1) is 0 Å². The van der Waals surface area contributed by atoms with Crippen molar-refractivity contribution in [2.75, 3.05) is 37.7 Å². The predicted molar refractivity (Wildman–Crippen MR) is 118 cm³/mol. The van der Waals surface area contributed by atoms with Gasteiger partial charge in [0.15, 0.2) is 0 Å². The SMILES string of the molecule is CCN(C(=O)CCc1c(C)nc(N2CCOCC2)[nH]c1=O)C(C)c1ccc(C#N)cc1. The Morgan fingerprint density at radius 3 is 2.58 bits per heavy atom. The molecule has 1 atom stereocenters. The lowest BCUT2D eigenvalue weighted by Crippen LogP contribution is -2.39. The molecular weight excluding hydrogens is 394 g/mol. The number of aromatic amines is 1. The zero-order valence-electron chi connectivity index (χ0n) is 18.4. The van der Waals surface area contributed by atoms with Gasteiger partial charge in [0.1, 0.15) is 0 Å². The van der Waals surface area contributed by atoms with Crippen LogP contribution >= 0.6 is 0 Å². The summed E-state index contributed by atoms with van der Waals surface area (Å²) in [5.41, 5.74) is 2.58. The first kappa shape index (κ1) is 22.5. The second-order valence-corrected chi connectivity index (χ2v) is 7.64. The number of amides is 1. The van der Waals surface area contributed by atoms with Crippen LogP contribution in [0, 0.1) is 18.3 Å². The number of nitrogens with one attached hydrogen (secondary N) is 1. The summed E-state index contributed by atoms with van der Waals surface area (Å²) in [7, 11) is 0. The molecule has 2 heterocycles. The van der Waals surface area contributed by atoms with Crippen molar-refractivity contribution in [3.63, 3.8) is 0 Å². The van der Waals surface area contributed by atoms with E-state index in [-0.39, 0.29) is 23.9 Å². The smallest absolute Gasteiger partial charge is 0.255 e. The average molecular weight is 424 g/mol. The number of nitrogens with zero attached hydrogens (tertiary/aromatic N) is 4. The maximum absolute atomic E-state index is 12.9.